The van der Waals surface area contributed by atoms with Gasteiger partial charge in [0.1, 0.15) is 17.2 Å². The number of alkyl carbamates (subject to hydrolysis) is 1. The van der Waals surface area contributed by atoms with Crippen LogP contribution in [0, 0.1) is 17.6 Å². The summed E-state index contributed by atoms with van der Waals surface area (Å²) in [5.41, 5.74) is 6.36. The smallest absolute Gasteiger partial charge is 0.407 e. The lowest BCUT2D eigenvalue weighted by Gasteiger charge is -2.22. The first-order valence-electron chi connectivity index (χ1n) is 11.0. The second kappa shape index (κ2) is 9.75. The topological polar surface area (TPSA) is 94.3 Å². The number of primary amides is 1. The van der Waals surface area contributed by atoms with Crippen molar-refractivity contribution in [2.24, 2.45) is 11.7 Å². The summed E-state index contributed by atoms with van der Waals surface area (Å²) in [4.78, 5) is 29.0. The predicted molar refractivity (Wildman–Crippen MR) is 127 cm³/mol. The summed E-state index contributed by atoms with van der Waals surface area (Å²) in [5, 5.41) is 3.04. The molecule has 0 radical (unpaired) electrons. The molecule has 0 unspecified atom stereocenters. The Bertz CT molecular complexity index is 1230. The number of amides is 2. The Morgan fingerprint density at radius 3 is 2.29 bits per heavy atom. The molecule has 1 aromatic heterocycles. The minimum absolute atomic E-state index is 0.0796. The lowest BCUT2D eigenvalue weighted by Crippen LogP contribution is -2.32. The van der Waals surface area contributed by atoms with Crippen LogP contribution in [0.25, 0.3) is 22.0 Å². The van der Waals surface area contributed by atoms with E-state index in [0.717, 1.165) is 12.1 Å². The van der Waals surface area contributed by atoms with E-state index in [-0.39, 0.29) is 29.2 Å². The monoisotopic (exact) mass is 469 g/mol. The molecule has 3 rings (SSSR count). The number of nitrogens with one attached hydrogen (secondary N) is 1. The van der Waals surface area contributed by atoms with E-state index in [4.69, 9.17) is 15.5 Å². The Morgan fingerprint density at radius 1 is 1.09 bits per heavy atom. The van der Waals surface area contributed by atoms with E-state index in [1.165, 1.54) is 18.2 Å². The molecule has 34 heavy (non-hydrogen) atoms. The first-order chi connectivity index (χ1) is 15.9. The van der Waals surface area contributed by atoms with Gasteiger partial charge in [-0.25, -0.2) is 13.6 Å². The van der Waals surface area contributed by atoms with Gasteiger partial charge in [-0.3, -0.25) is 9.78 Å². The number of rotatable bonds is 6. The average Bonchev–Trinajstić information content (AvgIpc) is 2.70. The third-order valence-electron chi connectivity index (χ3n) is 5.08. The lowest BCUT2D eigenvalue weighted by molar-refractivity contribution is 0.0523. The fourth-order valence-electron chi connectivity index (χ4n) is 3.75. The van der Waals surface area contributed by atoms with E-state index in [9.17, 15) is 9.59 Å². The van der Waals surface area contributed by atoms with Crippen molar-refractivity contribution in [2.45, 2.75) is 53.2 Å². The normalized spacial score (nSPS) is 11.6. The third-order valence-corrected chi connectivity index (χ3v) is 5.08. The van der Waals surface area contributed by atoms with Crippen LogP contribution in [0.4, 0.5) is 13.6 Å². The Kier molecular flexibility index (Phi) is 7.19. The summed E-state index contributed by atoms with van der Waals surface area (Å²) in [6.45, 7) is 9.12. The first-order valence-corrected chi connectivity index (χ1v) is 11.0. The first kappa shape index (κ1) is 25.1. The standard InChI is InChI=1S/C26H29F2N3O3/c1-14(2)11-21-17(13-30-25(33)34-26(3,4)5)22(23-18(27)7-6-8-19(23)28)16-12-15(24(29)32)9-10-20(16)31-21/h6-10,12,14H,11,13H2,1-5H3,(H2,29,32)(H,30,33). The van der Waals surface area contributed by atoms with Gasteiger partial charge in [0.25, 0.3) is 0 Å². The van der Waals surface area contributed by atoms with E-state index in [1.54, 1.807) is 26.8 Å². The fraction of sp³-hybridized carbons (Fsp3) is 0.346. The minimum atomic E-state index is -0.772. The summed E-state index contributed by atoms with van der Waals surface area (Å²) in [7, 11) is 0. The van der Waals surface area contributed by atoms with Crippen LogP contribution in [0.3, 0.4) is 0 Å². The van der Waals surface area contributed by atoms with Crippen LogP contribution in [-0.4, -0.2) is 22.6 Å². The largest absolute Gasteiger partial charge is 0.444 e. The van der Waals surface area contributed by atoms with Crippen LogP contribution in [0.1, 0.15) is 56.2 Å². The molecule has 6 nitrogen and oxygen atoms in total. The number of nitrogens with zero attached hydrogens (tertiary/aromatic N) is 1. The van der Waals surface area contributed by atoms with Crippen molar-refractivity contribution in [2.75, 3.05) is 0 Å². The van der Waals surface area contributed by atoms with Crippen LogP contribution >= 0.6 is 0 Å². The fourth-order valence-corrected chi connectivity index (χ4v) is 3.75. The van der Waals surface area contributed by atoms with Gasteiger partial charge in [0.05, 0.1) is 11.1 Å². The molecule has 0 fully saturated rings. The van der Waals surface area contributed by atoms with Crippen LogP contribution in [0.2, 0.25) is 0 Å². The number of nitrogens with two attached hydrogens (primary N) is 1. The summed E-state index contributed by atoms with van der Waals surface area (Å²) in [6.07, 6.45) is -0.170. The molecule has 1 heterocycles. The van der Waals surface area contributed by atoms with E-state index < -0.39 is 29.2 Å². The van der Waals surface area contributed by atoms with Gasteiger partial charge in [-0.1, -0.05) is 19.9 Å². The van der Waals surface area contributed by atoms with Crippen LogP contribution in [-0.2, 0) is 17.7 Å². The van der Waals surface area contributed by atoms with Crippen molar-refractivity contribution in [3.05, 3.63) is 64.9 Å². The second-order valence-electron chi connectivity index (χ2n) is 9.56. The zero-order chi connectivity index (χ0) is 25.2. The van der Waals surface area contributed by atoms with Crippen LogP contribution in [0.5, 0.6) is 0 Å². The summed E-state index contributed by atoms with van der Waals surface area (Å²) < 4.78 is 35.4. The van der Waals surface area contributed by atoms with Gasteiger partial charge in [0.15, 0.2) is 0 Å². The highest BCUT2D eigenvalue weighted by Crippen LogP contribution is 2.37. The van der Waals surface area contributed by atoms with Crippen molar-refractivity contribution >= 4 is 22.9 Å². The number of benzene rings is 2. The van der Waals surface area contributed by atoms with Gasteiger partial charge in [-0.2, -0.15) is 0 Å². The zero-order valence-corrected chi connectivity index (χ0v) is 20.0. The van der Waals surface area contributed by atoms with E-state index >= 15 is 8.78 Å². The molecule has 8 heteroatoms. The molecule has 180 valence electrons. The number of ether oxygens (including phenoxy) is 1. The minimum Gasteiger partial charge on any atom is -0.444 e. The number of carbonyl (C=O) groups is 2. The predicted octanol–water partition coefficient (Wildman–Crippen LogP) is 5.50. The zero-order valence-electron chi connectivity index (χ0n) is 20.0. The Labute approximate surface area is 197 Å². The molecule has 0 aliphatic heterocycles. The van der Waals surface area contributed by atoms with Crippen molar-refractivity contribution < 1.29 is 23.1 Å². The van der Waals surface area contributed by atoms with Gasteiger partial charge in [0, 0.05) is 34.3 Å². The number of aromatic nitrogens is 1. The third kappa shape index (κ3) is 5.68. The molecule has 0 saturated heterocycles. The number of hydrogen-bond donors (Lipinski definition) is 2. The van der Waals surface area contributed by atoms with Crippen LogP contribution < -0.4 is 11.1 Å². The molecule has 0 bridgehead atoms. The Balaban J connectivity index is 2.32. The van der Waals surface area contributed by atoms with Gasteiger partial charge in [-0.15, -0.1) is 0 Å². The number of carbonyl (C=O) groups excluding carboxylic acids is 2. The molecule has 0 saturated carbocycles. The van der Waals surface area contributed by atoms with E-state index in [0.29, 0.717) is 28.6 Å². The number of hydrogen-bond acceptors (Lipinski definition) is 4. The van der Waals surface area contributed by atoms with Crippen LogP contribution in [0.15, 0.2) is 36.4 Å². The molecule has 0 aliphatic rings. The molecule has 0 spiro atoms. The molecule has 0 atom stereocenters. The summed E-state index contributed by atoms with van der Waals surface area (Å²) in [6, 6.07) is 8.21. The van der Waals surface area contributed by atoms with E-state index in [2.05, 4.69) is 5.32 Å². The van der Waals surface area contributed by atoms with Gasteiger partial charge in [-0.05, 0) is 63.4 Å². The van der Waals surface area contributed by atoms with Crippen molar-refractivity contribution in [1.29, 1.82) is 0 Å². The maximum atomic E-state index is 15.1. The molecule has 3 N–H and O–H groups in total. The maximum Gasteiger partial charge on any atom is 0.407 e. The highest BCUT2D eigenvalue weighted by molar-refractivity contribution is 6.02. The number of halogens is 2. The Hall–Kier alpha value is -3.55. The number of pyridine rings is 1. The number of fused-ring (bicyclic) bond motifs is 1. The molecular formula is C26H29F2N3O3. The molecule has 3 aromatic rings. The summed E-state index contributed by atoms with van der Waals surface area (Å²) >= 11 is 0. The molecule has 2 amide bonds. The van der Waals surface area contributed by atoms with Gasteiger partial charge < -0.3 is 15.8 Å². The maximum absolute atomic E-state index is 15.1. The molecular weight excluding hydrogens is 440 g/mol. The van der Waals surface area contributed by atoms with Crippen molar-refractivity contribution in [1.82, 2.24) is 10.3 Å². The molecule has 0 aliphatic carbocycles. The lowest BCUT2D eigenvalue weighted by atomic mass is 9.90. The summed E-state index contributed by atoms with van der Waals surface area (Å²) in [5.74, 6) is -2.05. The van der Waals surface area contributed by atoms with E-state index in [1.807, 2.05) is 13.8 Å². The molecule has 2 aromatic carbocycles. The highest BCUT2D eigenvalue weighted by Gasteiger charge is 2.24. The quantitative estimate of drug-likeness (QED) is 0.498. The Morgan fingerprint density at radius 2 is 1.74 bits per heavy atom. The average molecular weight is 470 g/mol. The van der Waals surface area contributed by atoms with Gasteiger partial charge in [0.2, 0.25) is 5.91 Å². The van der Waals surface area contributed by atoms with Crippen molar-refractivity contribution in [3.63, 3.8) is 0 Å². The van der Waals surface area contributed by atoms with Gasteiger partial charge >= 0.3 is 6.09 Å². The highest BCUT2D eigenvalue weighted by atomic mass is 19.1. The SMILES string of the molecule is CC(C)Cc1nc2ccc(C(N)=O)cc2c(-c2c(F)cccc2F)c1CNC(=O)OC(C)(C)C. The van der Waals surface area contributed by atoms with Crippen molar-refractivity contribution in [3.8, 4) is 11.1 Å². The second-order valence-corrected chi connectivity index (χ2v) is 9.56.